The normalized spacial score (nSPS) is 12.0. The SMILES string of the molecule is C/C(=N\Nc1nc2ccccc2[nH]1)c1cccc2ccccc12. The van der Waals surface area contributed by atoms with E-state index in [9.17, 15) is 0 Å². The number of aromatic nitrogens is 2. The Balaban J connectivity index is 1.67. The molecule has 0 saturated heterocycles. The smallest absolute Gasteiger partial charge is 0.222 e. The van der Waals surface area contributed by atoms with Gasteiger partial charge in [-0.1, -0.05) is 54.6 Å². The lowest BCUT2D eigenvalue weighted by Crippen LogP contribution is -2.01. The second-order valence-electron chi connectivity index (χ2n) is 5.44. The van der Waals surface area contributed by atoms with E-state index < -0.39 is 0 Å². The quantitative estimate of drug-likeness (QED) is 0.431. The largest absolute Gasteiger partial charge is 0.323 e. The summed E-state index contributed by atoms with van der Waals surface area (Å²) in [7, 11) is 0. The van der Waals surface area contributed by atoms with E-state index in [1.165, 1.54) is 10.8 Å². The third kappa shape index (κ3) is 2.55. The molecule has 1 aromatic heterocycles. The second-order valence-corrected chi connectivity index (χ2v) is 5.44. The van der Waals surface area contributed by atoms with Crippen LogP contribution >= 0.6 is 0 Å². The molecule has 0 spiro atoms. The molecule has 23 heavy (non-hydrogen) atoms. The predicted octanol–water partition coefficient (Wildman–Crippen LogP) is 4.55. The van der Waals surface area contributed by atoms with Crippen molar-refractivity contribution in [2.24, 2.45) is 5.10 Å². The van der Waals surface area contributed by atoms with E-state index >= 15 is 0 Å². The zero-order valence-electron chi connectivity index (χ0n) is 12.7. The zero-order valence-corrected chi connectivity index (χ0v) is 12.7. The van der Waals surface area contributed by atoms with Crippen molar-refractivity contribution < 1.29 is 0 Å². The zero-order chi connectivity index (χ0) is 15.6. The summed E-state index contributed by atoms with van der Waals surface area (Å²) in [6.45, 7) is 2.00. The standard InChI is InChI=1S/C19H16N4/c1-13(15-10-6-8-14-7-2-3-9-16(14)15)22-23-19-20-17-11-4-5-12-18(17)21-19/h2-12H,1H3,(H2,20,21,23)/b22-13+. The van der Waals surface area contributed by atoms with Crippen LogP contribution in [0.1, 0.15) is 12.5 Å². The van der Waals surface area contributed by atoms with Gasteiger partial charge in [-0.05, 0) is 29.8 Å². The molecule has 0 aliphatic rings. The maximum absolute atomic E-state index is 4.48. The number of hydrazone groups is 1. The van der Waals surface area contributed by atoms with Crippen molar-refractivity contribution >= 4 is 33.5 Å². The minimum absolute atomic E-state index is 0.644. The fraction of sp³-hybridized carbons (Fsp3) is 0.0526. The molecule has 4 aromatic rings. The number of nitrogens with one attached hydrogen (secondary N) is 2. The van der Waals surface area contributed by atoms with Gasteiger partial charge in [-0.2, -0.15) is 5.10 Å². The van der Waals surface area contributed by atoms with Crippen LogP contribution < -0.4 is 5.43 Å². The van der Waals surface area contributed by atoms with Crippen LogP contribution in [0.3, 0.4) is 0 Å². The molecule has 112 valence electrons. The lowest BCUT2D eigenvalue weighted by molar-refractivity contribution is 1.20. The minimum Gasteiger partial charge on any atom is -0.323 e. The molecule has 0 amide bonds. The number of para-hydroxylation sites is 2. The Kier molecular flexibility index (Phi) is 3.27. The summed E-state index contributed by atoms with van der Waals surface area (Å²) in [5, 5.41) is 6.89. The highest BCUT2D eigenvalue weighted by molar-refractivity contribution is 6.09. The van der Waals surface area contributed by atoms with E-state index in [0.717, 1.165) is 22.3 Å². The number of fused-ring (bicyclic) bond motifs is 2. The number of nitrogens with zero attached hydrogens (tertiary/aromatic N) is 2. The van der Waals surface area contributed by atoms with Gasteiger partial charge in [0.15, 0.2) is 0 Å². The predicted molar refractivity (Wildman–Crippen MR) is 95.9 cm³/mol. The first kappa shape index (κ1) is 13.5. The van der Waals surface area contributed by atoms with Crippen LogP contribution in [0.25, 0.3) is 21.8 Å². The number of aromatic amines is 1. The van der Waals surface area contributed by atoms with Crippen LogP contribution in [0.5, 0.6) is 0 Å². The first-order valence-electron chi connectivity index (χ1n) is 7.54. The molecule has 2 N–H and O–H groups in total. The molecule has 0 unspecified atom stereocenters. The fourth-order valence-corrected chi connectivity index (χ4v) is 2.74. The summed E-state index contributed by atoms with van der Waals surface area (Å²) >= 11 is 0. The summed E-state index contributed by atoms with van der Waals surface area (Å²) in [4.78, 5) is 7.68. The van der Waals surface area contributed by atoms with E-state index in [4.69, 9.17) is 0 Å². The molecule has 4 heteroatoms. The van der Waals surface area contributed by atoms with Crippen molar-refractivity contribution in [1.82, 2.24) is 9.97 Å². The lowest BCUT2D eigenvalue weighted by atomic mass is 10.0. The Morgan fingerprint density at radius 1 is 0.957 bits per heavy atom. The molecule has 0 atom stereocenters. The first-order chi connectivity index (χ1) is 11.3. The number of benzene rings is 3. The van der Waals surface area contributed by atoms with Crippen LogP contribution in [-0.2, 0) is 0 Å². The Morgan fingerprint density at radius 2 is 1.74 bits per heavy atom. The summed E-state index contributed by atoms with van der Waals surface area (Å²) in [5.41, 5.74) is 6.97. The Morgan fingerprint density at radius 3 is 2.65 bits per heavy atom. The first-order valence-corrected chi connectivity index (χ1v) is 7.54. The van der Waals surface area contributed by atoms with Gasteiger partial charge < -0.3 is 4.98 Å². The van der Waals surface area contributed by atoms with E-state index in [2.05, 4.69) is 50.8 Å². The second kappa shape index (κ2) is 5.57. The highest BCUT2D eigenvalue weighted by Gasteiger charge is 2.04. The van der Waals surface area contributed by atoms with Gasteiger partial charge in [0, 0.05) is 5.56 Å². The van der Waals surface area contributed by atoms with Crippen molar-refractivity contribution in [3.63, 3.8) is 0 Å². The maximum atomic E-state index is 4.48. The molecule has 0 saturated carbocycles. The van der Waals surface area contributed by atoms with Crippen molar-refractivity contribution in [3.05, 3.63) is 72.3 Å². The molecule has 0 aliphatic carbocycles. The molecule has 0 aliphatic heterocycles. The maximum Gasteiger partial charge on any atom is 0.222 e. The molecule has 3 aromatic carbocycles. The molecule has 0 radical (unpaired) electrons. The van der Waals surface area contributed by atoms with Gasteiger partial charge in [-0.15, -0.1) is 0 Å². The number of hydrogen-bond donors (Lipinski definition) is 2. The summed E-state index contributed by atoms with van der Waals surface area (Å²) < 4.78 is 0. The van der Waals surface area contributed by atoms with Crippen molar-refractivity contribution in [2.75, 3.05) is 5.43 Å². The van der Waals surface area contributed by atoms with Crippen LogP contribution in [0.4, 0.5) is 5.95 Å². The van der Waals surface area contributed by atoms with Crippen molar-refractivity contribution in [1.29, 1.82) is 0 Å². The number of imidazole rings is 1. The van der Waals surface area contributed by atoms with Crippen LogP contribution in [0, 0.1) is 0 Å². The summed E-state index contributed by atoms with van der Waals surface area (Å²) in [6.07, 6.45) is 0. The van der Waals surface area contributed by atoms with Gasteiger partial charge in [0.1, 0.15) is 0 Å². The number of rotatable bonds is 3. The molecule has 0 bridgehead atoms. The Bertz CT molecular complexity index is 976. The molecular weight excluding hydrogens is 284 g/mol. The molecular formula is C19H16N4. The van der Waals surface area contributed by atoms with Gasteiger partial charge in [-0.3, -0.25) is 0 Å². The number of anilines is 1. The van der Waals surface area contributed by atoms with Crippen molar-refractivity contribution in [3.8, 4) is 0 Å². The third-order valence-corrected chi connectivity index (χ3v) is 3.90. The van der Waals surface area contributed by atoms with Crippen LogP contribution in [0.2, 0.25) is 0 Å². The van der Waals surface area contributed by atoms with Gasteiger partial charge in [-0.25, -0.2) is 10.4 Å². The number of H-pyrrole nitrogens is 1. The van der Waals surface area contributed by atoms with Gasteiger partial charge in [0.05, 0.1) is 16.7 Å². The van der Waals surface area contributed by atoms with Gasteiger partial charge in [0.2, 0.25) is 5.95 Å². The fourth-order valence-electron chi connectivity index (χ4n) is 2.74. The highest BCUT2D eigenvalue weighted by Crippen LogP contribution is 2.19. The van der Waals surface area contributed by atoms with Gasteiger partial charge >= 0.3 is 0 Å². The topological polar surface area (TPSA) is 53.1 Å². The Labute approximate surface area is 133 Å². The molecule has 4 nitrogen and oxygen atoms in total. The van der Waals surface area contributed by atoms with E-state index in [0.29, 0.717) is 5.95 Å². The Hall–Kier alpha value is -3.14. The lowest BCUT2D eigenvalue weighted by Gasteiger charge is -2.06. The minimum atomic E-state index is 0.644. The van der Waals surface area contributed by atoms with E-state index in [-0.39, 0.29) is 0 Å². The van der Waals surface area contributed by atoms with E-state index in [1.807, 2.05) is 43.3 Å². The average molecular weight is 300 g/mol. The van der Waals surface area contributed by atoms with Crippen molar-refractivity contribution in [2.45, 2.75) is 6.92 Å². The summed E-state index contributed by atoms with van der Waals surface area (Å²) in [5.74, 6) is 0.644. The molecule has 0 fully saturated rings. The monoisotopic (exact) mass is 300 g/mol. The molecule has 4 rings (SSSR count). The van der Waals surface area contributed by atoms with Gasteiger partial charge in [0.25, 0.3) is 0 Å². The highest BCUT2D eigenvalue weighted by atomic mass is 15.4. The summed E-state index contributed by atoms with van der Waals surface area (Å²) in [6, 6.07) is 22.5. The van der Waals surface area contributed by atoms with Crippen LogP contribution in [-0.4, -0.2) is 15.7 Å². The third-order valence-electron chi connectivity index (χ3n) is 3.90. The molecule has 1 heterocycles. The van der Waals surface area contributed by atoms with E-state index in [1.54, 1.807) is 0 Å². The van der Waals surface area contributed by atoms with Crippen LogP contribution in [0.15, 0.2) is 71.8 Å². The number of hydrogen-bond acceptors (Lipinski definition) is 3. The average Bonchev–Trinajstić information content (AvgIpc) is 3.02.